The maximum atomic E-state index is 11.9. The van der Waals surface area contributed by atoms with E-state index < -0.39 is 24.3 Å². The van der Waals surface area contributed by atoms with Crippen molar-refractivity contribution < 1.29 is 14.3 Å². The first-order chi connectivity index (χ1) is 9.36. The van der Waals surface area contributed by atoms with Crippen LogP contribution in [0.1, 0.15) is 28.4 Å². The van der Waals surface area contributed by atoms with E-state index >= 15 is 0 Å². The zero-order valence-corrected chi connectivity index (χ0v) is 11.7. The van der Waals surface area contributed by atoms with Crippen LogP contribution in [0.5, 0.6) is 0 Å². The number of hydrogen-bond donors (Lipinski definition) is 1. The van der Waals surface area contributed by atoms with Gasteiger partial charge in [0.2, 0.25) is 0 Å². The molecular formula is C15H16N2O3. The second-order valence-corrected chi connectivity index (χ2v) is 4.61. The smallest absolute Gasteiger partial charge is 0.338 e. The molecule has 0 radical (unpaired) electrons. The maximum Gasteiger partial charge on any atom is 0.338 e. The molecule has 0 saturated carbocycles. The van der Waals surface area contributed by atoms with Crippen LogP contribution in [0.3, 0.4) is 0 Å². The second-order valence-electron chi connectivity index (χ2n) is 4.61. The number of carbonyl (C=O) groups is 2. The van der Waals surface area contributed by atoms with E-state index in [1.807, 2.05) is 13.0 Å². The highest BCUT2D eigenvalue weighted by Gasteiger charge is 2.22. The van der Waals surface area contributed by atoms with Gasteiger partial charge in [0.05, 0.1) is 11.6 Å². The van der Waals surface area contributed by atoms with E-state index in [2.05, 4.69) is 0 Å². The summed E-state index contributed by atoms with van der Waals surface area (Å²) in [6.45, 7) is 4.50. The standard InChI is InChI=1S/C15H16N2O3/c1-9-4-5-10(2)12(6-9)15(19)20-8-14(18)13(7-16)11(3)17/h4-6,13,17H,8H2,1-3H3/t13-/m0/s1. The van der Waals surface area contributed by atoms with Crippen molar-refractivity contribution in [2.45, 2.75) is 20.8 Å². The van der Waals surface area contributed by atoms with E-state index in [1.54, 1.807) is 25.1 Å². The molecule has 0 bridgehead atoms. The number of esters is 1. The first-order valence-corrected chi connectivity index (χ1v) is 6.08. The van der Waals surface area contributed by atoms with Gasteiger partial charge < -0.3 is 10.1 Å². The summed E-state index contributed by atoms with van der Waals surface area (Å²) >= 11 is 0. The minimum Gasteiger partial charge on any atom is -0.454 e. The predicted octanol–water partition coefficient (Wildman–Crippen LogP) is 2.21. The zero-order valence-electron chi connectivity index (χ0n) is 11.7. The van der Waals surface area contributed by atoms with Crippen molar-refractivity contribution in [1.29, 1.82) is 10.7 Å². The topological polar surface area (TPSA) is 91.0 Å². The Kier molecular flexibility index (Phi) is 5.15. The van der Waals surface area contributed by atoms with Gasteiger partial charge in [0, 0.05) is 5.71 Å². The van der Waals surface area contributed by atoms with Gasteiger partial charge in [-0.05, 0) is 32.4 Å². The molecule has 0 saturated heterocycles. The minimum atomic E-state index is -1.15. The van der Waals surface area contributed by atoms with E-state index in [0.717, 1.165) is 11.1 Å². The molecule has 1 aromatic rings. The predicted molar refractivity (Wildman–Crippen MR) is 73.7 cm³/mol. The van der Waals surface area contributed by atoms with Crippen LogP contribution in [0, 0.1) is 36.5 Å². The molecule has 0 amide bonds. The van der Waals surface area contributed by atoms with Crippen LogP contribution in [0.15, 0.2) is 18.2 Å². The normalized spacial score (nSPS) is 11.3. The molecule has 0 unspecified atom stereocenters. The van der Waals surface area contributed by atoms with Crippen molar-refractivity contribution in [3.63, 3.8) is 0 Å². The molecule has 0 aliphatic rings. The summed E-state index contributed by atoms with van der Waals surface area (Å²) in [6, 6.07) is 7.08. The summed E-state index contributed by atoms with van der Waals surface area (Å²) in [5.41, 5.74) is 2.02. The van der Waals surface area contributed by atoms with Crippen LogP contribution in [0.25, 0.3) is 0 Å². The number of benzene rings is 1. The molecular weight excluding hydrogens is 256 g/mol. The SMILES string of the molecule is CC(=N)[C@H](C#N)C(=O)COC(=O)c1cc(C)ccc1C. The summed E-state index contributed by atoms with van der Waals surface area (Å²) < 4.78 is 4.92. The number of ether oxygens (including phenoxy) is 1. The van der Waals surface area contributed by atoms with E-state index in [-0.39, 0.29) is 5.71 Å². The van der Waals surface area contributed by atoms with Crippen LogP contribution in [-0.2, 0) is 9.53 Å². The zero-order chi connectivity index (χ0) is 15.3. The van der Waals surface area contributed by atoms with Crippen molar-refractivity contribution in [3.05, 3.63) is 34.9 Å². The number of aryl methyl sites for hydroxylation is 2. The number of ketones is 1. The molecule has 5 heteroatoms. The van der Waals surface area contributed by atoms with Crippen molar-refractivity contribution in [1.82, 2.24) is 0 Å². The molecule has 20 heavy (non-hydrogen) atoms. The lowest BCUT2D eigenvalue weighted by Gasteiger charge is -2.09. The third kappa shape index (κ3) is 3.75. The fourth-order valence-corrected chi connectivity index (χ4v) is 1.66. The number of hydrogen-bond acceptors (Lipinski definition) is 5. The molecule has 0 heterocycles. The van der Waals surface area contributed by atoms with Gasteiger partial charge in [-0.25, -0.2) is 4.79 Å². The highest BCUT2D eigenvalue weighted by molar-refractivity contribution is 6.06. The summed E-state index contributed by atoms with van der Waals surface area (Å²) in [5, 5.41) is 16.1. The van der Waals surface area contributed by atoms with Gasteiger partial charge in [0.15, 0.2) is 12.4 Å². The Balaban J connectivity index is 2.73. The quantitative estimate of drug-likeness (QED) is 0.657. The largest absolute Gasteiger partial charge is 0.454 e. The minimum absolute atomic E-state index is 0.0553. The van der Waals surface area contributed by atoms with Crippen LogP contribution in [0.4, 0.5) is 0 Å². The monoisotopic (exact) mass is 272 g/mol. The van der Waals surface area contributed by atoms with Gasteiger partial charge in [-0.3, -0.25) is 4.79 Å². The van der Waals surface area contributed by atoms with Crippen LogP contribution < -0.4 is 0 Å². The Morgan fingerprint density at radius 1 is 1.40 bits per heavy atom. The third-order valence-electron chi connectivity index (χ3n) is 2.84. The molecule has 0 aliphatic heterocycles. The third-order valence-corrected chi connectivity index (χ3v) is 2.84. The van der Waals surface area contributed by atoms with Crippen LogP contribution in [-0.4, -0.2) is 24.1 Å². The summed E-state index contributed by atoms with van der Waals surface area (Å²) in [6.07, 6.45) is 0. The van der Waals surface area contributed by atoms with Gasteiger partial charge in [-0.1, -0.05) is 17.7 Å². The van der Waals surface area contributed by atoms with Gasteiger partial charge >= 0.3 is 5.97 Å². The number of nitrogens with one attached hydrogen (secondary N) is 1. The van der Waals surface area contributed by atoms with Gasteiger partial charge in [0.25, 0.3) is 0 Å². The lowest BCUT2D eigenvalue weighted by atomic mass is 10.0. The first kappa shape index (κ1) is 15.6. The molecule has 1 rings (SSSR count). The summed E-state index contributed by atoms with van der Waals surface area (Å²) in [4.78, 5) is 23.6. The maximum absolute atomic E-state index is 11.9. The first-order valence-electron chi connectivity index (χ1n) is 6.08. The van der Waals surface area contributed by atoms with Crippen LogP contribution >= 0.6 is 0 Å². The second kappa shape index (κ2) is 6.62. The number of nitrogens with zero attached hydrogens (tertiary/aromatic N) is 1. The fraction of sp³-hybridized carbons (Fsp3) is 0.333. The number of carbonyl (C=O) groups excluding carboxylic acids is 2. The van der Waals surface area contributed by atoms with E-state index in [0.29, 0.717) is 5.56 Å². The highest BCUT2D eigenvalue weighted by atomic mass is 16.5. The lowest BCUT2D eigenvalue weighted by Crippen LogP contribution is -2.25. The Morgan fingerprint density at radius 2 is 2.05 bits per heavy atom. The lowest BCUT2D eigenvalue weighted by molar-refractivity contribution is -0.122. The van der Waals surface area contributed by atoms with E-state index in [1.165, 1.54) is 6.92 Å². The van der Waals surface area contributed by atoms with Crippen molar-refractivity contribution >= 4 is 17.5 Å². The number of rotatable bonds is 5. The Labute approximate surface area is 117 Å². The molecule has 1 atom stereocenters. The average molecular weight is 272 g/mol. The Hall–Kier alpha value is -2.48. The molecule has 0 aliphatic carbocycles. The molecule has 0 fully saturated rings. The Bertz CT molecular complexity index is 600. The molecule has 0 aromatic heterocycles. The van der Waals surface area contributed by atoms with Crippen molar-refractivity contribution in [2.24, 2.45) is 5.92 Å². The number of Topliss-reactive ketones (excluding diaryl/α,β-unsaturated/α-hetero) is 1. The average Bonchev–Trinajstić information content (AvgIpc) is 2.39. The molecule has 104 valence electrons. The van der Waals surface area contributed by atoms with Gasteiger partial charge in [0.1, 0.15) is 5.92 Å². The molecule has 0 spiro atoms. The fourth-order valence-electron chi connectivity index (χ4n) is 1.66. The molecule has 1 N–H and O–H groups in total. The Morgan fingerprint density at radius 3 is 2.60 bits per heavy atom. The van der Waals surface area contributed by atoms with Crippen molar-refractivity contribution in [3.8, 4) is 6.07 Å². The van der Waals surface area contributed by atoms with Gasteiger partial charge in [-0.15, -0.1) is 0 Å². The van der Waals surface area contributed by atoms with Crippen molar-refractivity contribution in [2.75, 3.05) is 6.61 Å². The van der Waals surface area contributed by atoms with E-state index in [4.69, 9.17) is 15.4 Å². The highest BCUT2D eigenvalue weighted by Crippen LogP contribution is 2.12. The molecule has 5 nitrogen and oxygen atoms in total. The summed E-state index contributed by atoms with van der Waals surface area (Å²) in [7, 11) is 0. The summed E-state index contributed by atoms with van der Waals surface area (Å²) in [5.74, 6) is -2.33. The van der Waals surface area contributed by atoms with Gasteiger partial charge in [-0.2, -0.15) is 5.26 Å². The molecule has 1 aromatic carbocycles. The van der Waals surface area contributed by atoms with Crippen LogP contribution in [0.2, 0.25) is 0 Å². The number of nitriles is 1. The van der Waals surface area contributed by atoms with E-state index in [9.17, 15) is 9.59 Å².